The third-order valence-corrected chi connectivity index (χ3v) is 5.02. The van der Waals surface area contributed by atoms with Gasteiger partial charge in [0.05, 0.1) is 24.7 Å². The van der Waals surface area contributed by atoms with Crippen LogP contribution in [0.1, 0.15) is 28.8 Å². The maximum atomic E-state index is 12.9. The van der Waals surface area contributed by atoms with E-state index >= 15 is 0 Å². The molecule has 1 saturated heterocycles. The molecule has 0 spiro atoms. The van der Waals surface area contributed by atoms with Crippen LogP contribution in [0.4, 0.5) is 11.4 Å². The Morgan fingerprint density at radius 2 is 2.00 bits per heavy atom. The summed E-state index contributed by atoms with van der Waals surface area (Å²) in [7, 11) is 3.10. The molecule has 30 heavy (non-hydrogen) atoms. The van der Waals surface area contributed by atoms with Crippen LogP contribution in [0, 0.1) is 10.1 Å². The number of rotatable bonds is 8. The zero-order valence-corrected chi connectivity index (χ0v) is 17.1. The number of methoxy groups -OCH3 is 2. The zero-order chi connectivity index (χ0) is 21.5. The van der Waals surface area contributed by atoms with Crippen LogP contribution < -0.4 is 25.4 Å². The van der Waals surface area contributed by atoms with Crippen LogP contribution in [0.25, 0.3) is 0 Å². The third-order valence-electron chi connectivity index (χ3n) is 5.02. The van der Waals surface area contributed by atoms with Gasteiger partial charge in [-0.1, -0.05) is 6.07 Å². The second-order valence-corrected chi connectivity index (χ2v) is 7.05. The first-order chi connectivity index (χ1) is 14.5. The third kappa shape index (κ3) is 5.18. The highest BCUT2D eigenvalue weighted by Gasteiger charge is 2.20. The molecule has 9 heteroatoms. The predicted molar refractivity (Wildman–Crippen MR) is 113 cm³/mol. The first-order valence-corrected chi connectivity index (χ1v) is 9.76. The molecule has 0 radical (unpaired) electrons. The lowest BCUT2D eigenvalue weighted by Gasteiger charge is -2.25. The quantitative estimate of drug-likeness (QED) is 0.449. The van der Waals surface area contributed by atoms with E-state index in [9.17, 15) is 14.9 Å². The molecule has 0 aliphatic carbocycles. The summed E-state index contributed by atoms with van der Waals surface area (Å²) in [5, 5.41) is 20.7. The molecule has 3 rings (SSSR count). The lowest BCUT2D eigenvalue weighted by Crippen LogP contribution is -2.39. The Bertz CT molecular complexity index is 912. The first-order valence-electron chi connectivity index (χ1n) is 9.76. The molecule has 2 aromatic carbocycles. The van der Waals surface area contributed by atoms with E-state index in [1.807, 2.05) is 6.07 Å². The van der Waals surface area contributed by atoms with E-state index in [0.717, 1.165) is 31.5 Å². The van der Waals surface area contributed by atoms with Crippen molar-refractivity contribution in [2.75, 3.05) is 32.6 Å². The molecule has 9 nitrogen and oxygen atoms in total. The summed E-state index contributed by atoms with van der Waals surface area (Å²) in [4.78, 5) is 23.6. The van der Waals surface area contributed by atoms with Gasteiger partial charge >= 0.3 is 0 Å². The highest BCUT2D eigenvalue weighted by Crippen LogP contribution is 2.28. The Morgan fingerprint density at radius 3 is 2.67 bits per heavy atom. The molecular weight excluding hydrogens is 388 g/mol. The number of hydrogen-bond donors (Lipinski definition) is 3. The number of hydrogen-bond acceptors (Lipinski definition) is 7. The first kappa shape index (κ1) is 21.4. The van der Waals surface area contributed by atoms with Gasteiger partial charge in [-0.05, 0) is 43.1 Å². The second-order valence-electron chi connectivity index (χ2n) is 7.05. The van der Waals surface area contributed by atoms with Crippen molar-refractivity contribution in [3.05, 3.63) is 57.6 Å². The normalized spacial score (nSPS) is 15.9. The summed E-state index contributed by atoms with van der Waals surface area (Å²) >= 11 is 0. The van der Waals surface area contributed by atoms with Gasteiger partial charge in [0.2, 0.25) is 0 Å². The maximum Gasteiger partial charge on any atom is 0.270 e. The van der Waals surface area contributed by atoms with Gasteiger partial charge in [-0.3, -0.25) is 14.9 Å². The fourth-order valence-corrected chi connectivity index (χ4v) is 3.42. The molecule has 1 unspecified atom stereocenters. The van der Waals surface area contributed by atoms with Crippen molar-refractivity contribution >= 4 is 17.3 Å². The molecule has 1 atom stereocenters. The van der Waals surface area contributed by atoms with Gasteiger partial charge in [0.15, 0.2) is 11.5 Å². The van der Waals surface area contributed by atoms with E-state index in [-0.39, 0.29) is 29.7 Å². The number of nitrogens with zero attached hydrogens (tertiary/aromatic N) is 1. The Kier molecular flexibility index (Phi) is 7.08. The average molecular weight is 414 g/mol. The van der Waals surface area contributed by atoms with Crippen LogP contribution in [0.2, 0.25) is 0 Å². The number of nitro benzene ring substituents is 1. The number of anilines is 1. The molecule has 2 aromatic rings. The number of nitro groups is 1. The summed E-state index contributed by atoms with van der Waals surface area (Å²) in [6, 6.07) is 9.83. The van der Waals surface area contributed by atoms with Gasteiger partial charge in [0, 0.05) is 37.0 Å². The lowest BCUT2D eigenvalue weighted by molar-refractivity contribution is -0.384. The Balaban J connectivity index is 1.77. The van der Waals surface area contributed by atoms with Gasteiger partial charge in [-0.25, -0.2) is 0 Å². The minimum atomic E-state index is -0.503. The topological polar surface area (TPSA) is 115 Å². The maximum absolute atomic E-state index is 12.9. The molecule has 1 heterocycles. The molecule has 0 bridgehead atoms. The summed E-state index contributed by atoms with van der Waals surface area (Å²) in [6.07, 6.45) is 2.00. The fourth-order valence-electron chi connectivity index (χ4n) is 3.42. The number of carbonyl (C=O) groups excluding carboxylic acids is 1. The van der Waals surface area contributed by atoms with E-state index in [2.05, 4.69) is 16.0 Å². The second kappa shape index (κ2) is 9.93. The minimum Gasteiger partial charge on any atom is -0.493 e. The molecule has 0 aromatic heterocycles. The number of non-ortho nitro benzene ring substituents is 1. The smallest absolute Gasteiger partial charge is 0.270 e. The number of benzene rings is 2. The number of nitrogens with one attached hydrogen (secondary N) is 3. The molecule has 1 fully saturated rings. The number of carbonyl (C=O) groups is 1. The van der Waals surface area contributed by atoms with Crippen LogP contribution in [0.15, 0.2) is 36.4 Å². The van der Waals surface area contributed by atoms with Gasteiger partial charge in [0.1, 0.15) is 0 Å². The number of piperidine rings is 1. The van der Waals surface area contributed by atoms with Crippen LogP contribution in [-0.4, -0.2) is 44.2 Å². The van der Waals surface area contributed by atoms with E-state index in [4.69, 9.17) is 9.47 Å². The Labute approximate surface area is 174 Å². The lowest BCUT2D eigenvalue weighted by atomic mass is 10.1. The van der Waals surface area contributed by atoms with E-state index < -0.39 is 4.92 Å². The standard InChI is InChI=1S/C21H26N4O5/c1-29-19-8-5-14(10-20(19)30-2)12-23-21(26)17-11-16(25(27)28)6-7-18(17)24-15-4-3-9-22-13-15/h5-8,10-11,15,22,24H,3-4,9,12-13H2,1-2H3,(H,23,26). The van der Waals surface area contributed by atoms with Crippen LogP contribution in [-0.2, 0) is 6.54 Å². The molecular formula is C21H26N4O5. The van der Waals surface area contributed by atoms with E-state index in [1.165, 1.54) is 12.1 Å². The van der Waals surface area contributed by atoms with Gasteiger partial charge in [-0.15, -0.1) is 0 Å². The molecule has 3 N–H and O–H groups in total. The van der Waals surface area contributed by atoms with Crippen molar-refractivity contribution in [1.29, 1.82) is 0 Å². The SMILES string of the molecule is COc1ccc(CNC(=O)c2cc([N+](=O)[O-])ccc2NC2CCCNC2)cc1OC. The highest BCUT2D eigenvalue weighted by atomic mass is 16.6. The summed E-state index contributed by atoms with van der Waals surface area (Å²) in [5.41, 5.74) is 1.52. The molecule has 1 amide bonds. The number of amides is 1. The monoisotopic (exact) mass is 414 g/mol. The van der Waals surface area contributed by atoms with Crippen molar-refractivity contribution < 1.29 is 19.2 Å². The van der Waals surface area contributed by atoms with Crippen molar-refractivity contribution in [2.45, 2.75) is 25.4 Å². The van der Waals surface area contributed by atoms with E-state index in [1.54, 1.807) is 32.4 Å². The molecule has 160 valence electrons. The Morgan fingerprint density at radius 1 is 1.20 bits per heavy atom. The highest BCUT2D eigenvalue weighted by molar-refractivity contribution is 6.00. The summed E-state index contributed by atoms with van der Waals surface area (Å²) in [5.74, 6) is 0.769. The Hall–Kier alpha value is -3.33. The fraction of sp³-hybridized carbons (Fsp3) is 0.381. The van der Waals surface area contributed by atoms with E-state index in [0.29, 0.717) is 17.2 Å². The summed E-state index contributed by atoms with van der Waals surface area (Å²) < 4.78 is 10.5. The predicted octanol–water partition coefficient (Wildman–Crippen LogP) is 2.71. The molecule has 1 aliphatic heterocycles. The van der Waals surface area contributed by atoms with Crippen LogP contribution in [0.5, 0.6) is 11.5 Å². The van der Waals surface area contributed by atoms with Crippen LogP contribution in [0.3, 0.4) is 0 Å². The number of ether oxygens (including phenoxy) is 2. The largest absolute Gasteiger partial charge is 0.493 e. The summed E-state index contributed by atoms with van der Waals surface area (Å²) in [6.45, 7) is 1.99. The van der Waals surface area contributed by atoms with Gasteiger partial charge < -0.3 is 25.4 Å². The molecule has 1 aliphatic rings. The van der Waals surface area contributed by atoms with Crippen LogP contribution >= 0.6 is 0 Å². The van der Waals surface area contributed by atoms with Crippen molar-refractivity contribution in [1.82, 2.24) is 10.6 Å². The molecule has 0 saturated carbocycles. The average Bonchev–Trinajstić information content (AvgIpc) is 2.78. The minimum absolute atomic E-state index is 0.126. The zero-order valence-electron chi connectivity index (χ0n) is 17.1. The van der Waals surface area contributed by atoms with Gasteiger partial charge in [-0.2, -0.15) is 0 Å². The van der Waals surface area contributed by atoms with Crippen molar-refractivity contribution in [3.63, 3.8) is 0 Å². The van der Waals surface area contributed by atoms with Gasteiger partial charge in [0.25, 0.3) is 11.6 Å². The van der Waals surface area contributed by atoms with Crippen molar-refractivity contribution in [3.8, 4) is 11.5 Å². The van der Waals surface area contributed by atoms with Crippen molar-refractivity contribution in [2.24, 2.45) is 0 Å².